The fourth-order valence-corrected chi connectivity index (χ4v) is 5.20. The summed E-state index contributed by atoms with van der Waals surface area (Å²) in [7, 11) is 0. The number of esters is 2. The molecule has 0 aromatic carbocycles. The number of aliphatic hydroxyl groups is 2. The van der Waals surface area contributed by atoms with Crippen LogP contribution in [0.5, 0.6) is 0 Å². The van der Waals surface area contributed by atoms with Crippen molar-refractivity contribution in [3.05, 3.63) is 0 Å². The Morgan fingerprint density at radius 3 is 1.33 bits per heavy atom. The summed E-state index contributed by atoms with van der Waals surface area (Å²) in [6, 6.07) is 0. The number of carbonyl (C=O) groups excluding carboxylic acids is 2. The van der Waals surface area contributed by atoms with E-state index in [1.807, 2.05) is 0 Å². The molecule has 0 radical (unpaired) electrons. The van der Waals surface area contributed by atoms with Gasteiger partial charge in [-0.2, -0.15) is 0 Å². The van der Waals surface area contributed by atoms with Crippen LogP contribution in [-0.4, -0.2) is 46.6 Å². The average Bonchev–Trinajstić information content (AvgIpc) is 2.66. The smallest absolute Gasteiger partial charge is 0.338 e. The van der Waals surface area contributed by atoms with Gasteiger partial charge in [-0.1, -0.05) is 54.4 Å². The quantitative estimate of drug-likeness (QED) is 0.603. The molecule has 0 aliphatic heterocycles. The van der Waals surface area contributed by atoms with Gasteiger partial charge in [0.15, 0.2) is 12.2 Å². The number of ether oxygens (including phenoxy) is 2. The van der Waals surface area contributed by atoms with Crippen LogP contribution in [0.4, 0.5) is 0 Å². The van der Waals surface area contributed by atoms with Gasteiger partial charge in [0.05, 0.1) is 0 Å². The molecular formula is C24H42O6. The molecule has 6 nitrogen and oxygen atoms in total. The summed E-state index contributed by atoms with van der Waals surface area (Å²) in [5, 5.41) is 20.6. The Morgan fingerprint density at radius 1 is 0.700 bits per heavy atom. The van der Waals surface area contributed by atoms with Crippen LogP contribution in [0.15, 0.2) is 0 Å². The van der Waals surface area contributed by atoms with Crippen molar-refractivity contribution in [1.29, 1.82) is 0 Å². The van der Waals surface area contributed by atoms with E-state index >= 15 is 0 Å². The van der Waals surface area contributed by atoms with E-state index in [0.29, 0.717) is 23.7 Å². The molecular weight excluding hydrogens is 384 g/mol. The lowest BCUT2D eigenvalue weighted by Gasteiger charge is -2.38. The first-order valence-electron chi connectivity index (χ1n) is 11.8. The lowest BCUT2D eigenvalue weighted by molar-refractivity contribution is -0.185. The summed E-state index contributed by atoms with van der Waals surface area (Å²) < 4.78 is 11.2. The van der Waals surface area contributed by atoms with Gasteiger partial charge in [-0.25, -0.2) is 9.59 Å². The third-order valence-electron chi connectivity index (χ3n) is 7.24. The van der Waals surface area contributed by atoms with E-state index in [0.717, 1.165) is 38.5 Å². The zero-order valence-corrected chi connectivity index (χ0v) is 19.5. The van der Waals surface area contributed by atoms with Gasteiger partial charge < -0.3 is 19.7 Å². The topological polar surface area (TPSA) is 93.1 Å². The molecule has 2 unspecified atom stereocenters. The summed E-state index contributed by atoms with van der Waals surface area (Å²) in [5.74, 6) is 0.126. The van der Waals surface area contributed by atoms with E-state index in [4.69, 9.17) is 9.47 Å². The van der Waals surface area contributed by atoms with Crippen LogP contribution in [0.2, 0.25) is 0 Å². The zero-order chi connectivity index (χ0) is 22.6. The molecule has 2 fully saturated rings. The number of hydrogen-bond donors (Lipinski definition) is 2. The minimum absolute atomic E-state index is 0.219. The van der Waals surface area contributed by atoms with Crippen molar-refractivity contribution in [2.45, 2.75) is 104 Å². The molecule has 8 atom stereocenters. The Balaban J connectivity index is 1.96. The Labute approximate surface area is 181 Å². The lowest BCUT2D eigenvalue weighted by atomic mass is 9.75. The van der Waals surface area contributed by atoms with E-state index < -0.39 is 24.1 Å². The maximum absolute atomic E-state index is 12.5. The summed E-state index contributed by atoms with van der Waals surface area (Å²) in [4.78, 5) is 25.0. The predicted molar refractivity (Wildman–Crippen MR) is 114 cm³/mol. The van der Waals surface area contributed by atoms with Crippen molar-refractivity contribution in [2.24, 2.45) is 35.5 Å². The molecule has 0 aromatic rings. The minimum Gasteiger partial charge on any atom is -0.460 e. The molecule has 2 N–H and O–H groups in total. The number of aliphatic hydroxyl groups excluding tert-OH is 2. The highest BCUT2D eigenvalue weighted by molar-refractivity contribution is 5.85. The molecule has 0 spiro atoms. The second kappa shape index (κ2) is 10.9. The Kier molecular flexibility index (Phi) is 9.16. The standard InChI is InChI=1S/C24H42O6/c1-13(2)17-9-7-15(5)11-19(17)29-23(27)21(25)22(26)24(28)30-20-12-16(6)8-10-18(20)14(3)4/h13-22,25-26H,7-12H2,1-6H3/t15-,16+,17+,18-,19+,20-,21?,22?. The third-order valence-corrected chi connectivity index (χ3v) is 7.24. The highest BCUT2D eigenvalue weighted by Crippen LogP contribution is 2.37. The van der Waals surface area contributed by atoms with Crippen LogP contribution in [0.25, 0.3) is 0 Å². The molecule has 0 bridgehead atoms. The summed E-state index contributed by atoms with van der Waals surface area (Å²) >= 11 is 0. The normalized spacial score (nSPS) is 34.5. The third kappa shape index (κ3) is 6.43. The Morgan fingerprint density at radius 2 is 1.03 bits per heavy atom. The number of carbonyl (C=O) groups is 2. The van der Waals surface area contributed by atoms with Gasteiger partial charge in [-0.05, 0) is 61.2 Å². The first kappa shape index (κ1) is 25.1. The van der Waals surface area contributed by atoms with Gasteiger partial charge in [0.1, 0.15) is 12.2 Å². The number of rotatable bonds is 7. The van der Waals surface area contributed by atoms with Gasteiger partial charge in [-0.3, -0.25) is 0 Å². The van der Waals surface area contributed by atoms with Crippen molar-refractivity contribution in [3.8, 4) is 0 Å². The first-order valence-corrected chi connectivity index (χ1v) is 11.8. The molecule has 2 aliphatic carbocycles. The molecule has 0 aromatic heterocycles. The lowest BCUT2D eigenvalue weighted by Crippen LogP contribution is -2.47. The van der Waals surface area contributed by atoms with Crippen LogP contribution in [0, 0.1) is 35.5 Å². The molecule has 174 valence electrons. The average molecular weight is 427 g/mol. The van der Waals surface area contributed by atoms with E-state index in [1.54, 1.807) is 0 Å². The molecule has 0 heterocycles. The van der Waals surface area contributed by atoms with Crippen LogP contribution in [-0.2, 0) is 19.1 Å². The van der Waals surface area contributed by atoms with Gasteiger partial charge >= 0.3 is 11.9 Å². The minimum atomic E-state index is -1.93. The second-order valence-corrected chi connectivity index (χ2v) is 10.5. The van der Waals surface area contributed by atoms with E-state index in [2.05, 4.69) is 41.5 Å². The molecule has 2 rings (SSSR count). The Hall–Kier alpha value is -1.14. The van der Waals surface area contributed by atoms with Crippen molar-refractivity contribution in [2.75, 3.05) is 0 Å². The molecule has 6 heteroatoms. The van der Waals surface area contributed by atoms with Crippen molar-refractivity contribution < 1.29 is 29.3 Å². The maximum Gasteiger partial charge on any atom is 0.338 e. The SMILES string of the molecule is CC(C)[C@H]1CC[C@H](C)C[C@H]1OC(=O)C(O)C(O)C(=O)O[C@H]1C[C@H](C)CC[C@H]1C(C)C. The monoisotopic (exact) mass is 426 g/mol. The van der Waals surface area contributed by atoms with E-state index in [-0.39, 0.29) is 24.0 Å². The first-order chi connectivity index (χ1) is 14.0. The highest BCUT2D eigenvalue weighted by Gasteiger charge is 2.40. The molecule has 2 aliphatic rings. The second-order valence-electron chi connectivity index (χ2n) is 10.5. The summed E-state index contributed by atoms with van der Waals surface area (Å²) in [6.45, 7) is 12.6. The van der Waals surface area contributed by atoms with E-state index in [1.165, 1.54) is 0 Å². The molecule has 0 saturated heterocycles. The largest absolute Gasteiger partial charge is 0.460 e. The van der Waals surface area contributed by atoms with Crippen molar-refractivity contribution >= 4 is 11.9 Å². The fourth-order valence-electron chi connectivity index (χ4n) is 5.20. The summed E-state index contributed by atoms with van der Waals surface area (Å²) in [6.07, 6.45) is 1.11. The molecule has 30 heavy (non-hydrogen) atoms. The van der Waals surface area contributed by atoms with Gasteiger partial charge in [0.25, 0.3) is 0 Å². The molecule has 2 saturated carbocycles. The van der Waals surface area contributed by atoms with Crippen molar-refractivity contribution in [3.63, 3.8) is 0 Å². The van der Waals surface area contributed by atoms with Gasteiger partial charge in [-0.15, -0.1) is 0 Å². The summed E-state index contributed by atoms with van der Waals surface area (Å²) in [5.41, 5.74) is 0. The number of hydrogen-bond acceptors (Lipinski definition) is 6. The van der Waals surface area contributed by atoms with Gasteiger partial charge in [0.2, 0.25) is 0 Å². The van der Waals surface area contributed by atoms with Crippen LogP contribution in [0.1, 0.15) is 80.1 Å². The predicted octanol–water partition coefficient (Wildman–Crippen LogP) is 3.72. The highest BCUT2D eigenvalue weighted by atomic mass is 16.6. The van der Waals surface area contributed by atoms with Crippen LogP contribution < -0.4 is 0 Å². The van der Waals surface area contributed by atoms with Gasteiger partial charge in [0, 0.05) is 0 Å². The van der Waals surface area contributed by atoms with Crippen LogP contribution >= 0.6 is 0 Å². The molecule has 0 amide bonds. The maximum atomic E-state index is 12.5. The fraction of sp³-hybridized carbons (Fsp3) is 0.917. The van der Waals surface area contributed by atoms with E-state index in [9.17, 15) is 19.8 Å². The van der Waals surface area contributed by atoms with Crippen LogP contribution in [0.3, 0.4) is 0 Å². The van der Waals surface area contributed by atoms with Crippen molar-refractivity contribution in [1.82, 2.24) is 0 Å². The Bertz CT molecular complexity index is 524. The zero-order valence-electron chi connectivity index (χ0n) is 19.5.